The van der Waals surface area contributed by atoms with E-state index >= 15 is 17.6 Å². The summed E-state index contributed by atoms with van der Waals surface area (Å²) in [4.78, 5) is 0.497. The Balaban J connectivity index is 1.28. The standard InChI is InChI=1S/C48H24F20N2/c1-21-15-27(45(57,58)59)19-31(17-21)69(32-18-22(2)16-28(20-32)46(60,61)62)29-11-7-25(8-12-29)23-3-5-24(6-4-23)26-9-13-30(14-10-26)70(43-39(53)35(49)33(47(63,64)65)36(50)40(43)54)44-41(55)37(51)34(48(66,67)68)38(52)42(44)56/h3-20H,1-2H3. The van der Waals surface area contributed by atoms with Crippen LogP contribution >= 0.6 is 0 Å². The van der Waals surface area contributed by atoms with E-state index in [1.807, 2.05) is 0 Å². The number of halogens is 20. The van der Waals surface area contributed by atoms with Crippen molar-refractivity contribution in [1.82, 2.24) is 0 Å². The molecule has 0 bridgehead atoms. The highest BCUT2D eigenvalue weighted by Gasteiger charge is 2.47. The van der Waals surface area contributed by atoms with Crippen LogP contribution in [0.5, 0.6) is 0 Å². The highest BCUT2D eigenvalue weighted by Crippen LogP contribution is 2.49. The smallest absolute Gasteiger partial charge is 0.310 e. The highest BCUT2D eigenvalue weighted by molar-refractivity contribution is 5.82. The first-order valence-corrected chi connectivity index (χ1v) is 19.5. The molecule has 0 aliphatic rings. The molecule has 366 valence electrons. The zero-order valence-corrected chi connectivity index (χ0v) is 34.8. The SMILES string of the molecule is Cc1cc(N(c2ccc(-c3ccc(-c4ccc(N(c5c(F)c(F)c(C(F)(F)F)c(F)c5F)c5c(F)c(F)c(C(F)(F)F)c(F)c5F)cc4)cc3)cc2)c2cc(C)cc(C(F)(F)F)c2)cc(C(F)(F)F)c1. The van der Waals surface area contributed by atoms with Crippen LogP contribution in [0, 0.1) is 60.4 Å². The van der Waals surface area contributed by atoms with Crippen LogP contribution in [0.15, 0.2) is 109 Å². The summed E-state index contributed by atoms with van der Waals surface area (Å²) in [5.74, 6) is -25.0. The quantitative estimate of drug-likeness (QED) is 0.111. The van der Waals surface area contributed by atoms with E-state index in [0.29, 0.717) is 23.3 Å². The number of alkyl halides is 12. The molecule has 70 heavy (non-hydrogen) atoms. The van der Waals surface area contributed by atoms with Crippen LogP contribution in [0.2, 0.25) is 0 Å². The largest absolute Gasteiger partial charge is 0.422 e. The van der Waals surface area contributed by atoms with Gasteiger partial charge in [-0.1, -0.05) is 48.5 Å². The molecule has 0 amide bonds. The van der Waals surface area contributed by atoms with Gasteiger partial charge in [-0.3, -0.25) is 4.90 Å². The molecular formula is C48H24F20N2. The molecular weight excluding hydrogens is 985 g/mol. The molecule has 0 saturated heterocycles. The van der Waals surface area contributed by atoms with Gasteiger partial charge >= 0.3 is 24.7 Å². The molecule has 0 radical (unpaired) electrons. The van der Waals surface area contributed by atoms with Crippen LogP contribution < -0.4 is 9.80 Å². The Morgan fingerprint density at radius 1 is 0.286 bits per heavy atom. The zero-order valence-electron chi connectivity index (χ0n) is 34.8. The van der Waals surface area contributed by atoms with Crippen molar-refractivity contribution in [2.75, 3.05) is 9.80 Å². The predicted octanol–water partition coefficient (Wildman–Crippen LogP) is 17.8. The van der Waals surface area contributed by atoms with Crippen LogP contribution in [0.1, 0.15) is 33.4 Å². The van der Waals surface area contributed by atoms with E-state index in [1.165, 1.54) is 79.4 Å². The lowest BCUT2D eigenvalue weighted by Gasteiger charge is -2.29. The van der Waals surface area contributed by atoms with Crippen LogP contribution in [0.3, 0.4) is 0 Å². The topological polar surface area (TPSA) is 6.48 Å². The summed E-state index contributed by atoms with van der Waals surface area (Å²) in [7, 11) is 0. The summed E-state index contributed by atoms with van der Waals surface area (Å²) in [5, 5.41) is 0. The van der Waals surface area contributed by atoms with Crippen molar-refractivity contribution < 1.29 is 87.8 Å². The van der Waals surface area contributed by atoms with E-state index < -0.39 is 115 Å². The second-order valence-electron chi connectivity index (χ2n) is 15.4. The fraction of sp³-hybridized carbons (Fsp3) is 0.125. The third-order valence-electron chi connectivity index (χ3n) is 10.6. The molecule has 0 aliphatic heterocycles. The maximum absolute atomic E-state index is 15.5. The lowest BCUT2D eigenvalue weighted by Crippen LogP contribution is -2.24. The van der Waals surface area contributed by atoms with Crippen LogP contribution in [0.4, 0.5) is 122 Å². The average Bonchev–Trinajstić information content (AvgIpc) is 3.26. The summed E-state index contributed by atoms with van der Waals surface area (Å²) in [6.07, 6.45) is -21.9. The molecule has 0 saturated carbocycles. The first-order valence-electron chi connectivity index (χ1n) is 19.5. The molecule has 7 aromatic carbocycles. The summed E-state index contributed by atoms with van der Waals surface area (Å²) < 4.78 is 285. The summed E-state index contributed by atoms with van der Waals surface area (Å²) in [6, 6.07) is 20.7. The molecule has 0 atom stereocenters. The van der Waals surface area contributed by atoms with Gasteiger partial charge in [0.2, 0.25) is 0 Å². The molecule has 0 heterocycles. The number of rotatable bonds is 8. The van der Waals surface area contributed by atoms with Crippen molar-refractivity contribution in [3.63, 3.8) is 0 Å². The van der Waals surface area contributed by atoms with E-state index in [4.69, 9.17) is 0 Å². The van der Waals surface area contributed by atoms with Crippen molar-refractivity contribution in [2.24, 2.45) is 0 Å². The summed E-state index contributed by atoms with van der Waals surface area (Å²) >= 11 is 0. The number of hydrogen-bond acceptors (Lipinski definition) is 2. The summed E-state index contributed by atoms with van der Waals surface area (Å²) in [6.45, 7) is 2.74. The normalized spacial score (nSPS) is 12.4. The van der Waals surface area contributed by atoms with Crippen molar-refractivity contribution in [3.8, 4) is 22.3 Å². The van der Waals surface area contributed by atoms with Crippen LogP contribution in [-0.4, -0.2) is 0 Å². The number of aryl methyl sites for hydroxylation is 2. The number of hydrogen-bond donors (Lipinski definition) is 0. The van der Waals surface area contributed by atoms with Gasteiger partial charge in [-0.25, -0.2) is 35.1 Å². The first-order chi connectivity index (χ1) is 32.4. The van der Waals surface area contributed by atoms with E-state index in [-0.39, 0.29) is 39.3 Å². The van der Waals surface area contributed by atoms with Crippen molar-refractivity contribution in [2.45, 2.75) is 38.6 Å². The lowest BCUT2D eigenvalue weighted by molar-refractivity contribution is -0.144. The van der Waals surface area contributed by atoms with Gasteiger partial charge in [-0.05, 0) is 108 Å². The third kappa shape index (κ3) is 9.54. The van der Waals surface area contributed by atoms with E-state index in [1.54, 1.807) is 0 Å². The van der Waals surface area contributed by atoms with Gasteiger partial charge in [0.1, 0.15) is 22.5 Å². The Morgan fingerprint density at radius 2 is 0.543 bits per heavy atom. The predicted molar refractivity (Wildman–Crippen MR) is 216 cm³/mol. The maximum atomic E-state index is 15.5. The second-order valence-corrected chi connectivity index (χ2v) is 15.4. The van der Waals surface area contributed by atoms with Gasteiger partial charge < -0.3 is 4.90 Å². The molecule has 7 aromatic rings. The van der Waals surface area contributed by atoms with E-state index in [9.17, 15) is 70.2 Å². The molecule has 0 N–H and O–H groups in total. The Morgan fingerprint density at radius 3 is 0.800 bits per heavy atom. The van der Waals surface area contributed by atoms with E-state index in [0.717, 1.165) is 36.4 Å². The minimum absolute atomic E-state index is 0.0745. The zero-order chi connectivity index (χ0) is 51.7. The monoisotopic (exact) mass is 1010 g/mol. The van der Waals surface area contributed by atoms with Gasteiger partial charge in [0.15, 0.2) is 46.5 Å². The van der Waals surface area contributed by atoms with Crippen LogP contribution in [-0.2, 0) is 24.7 Å². The fourth-order valence-corrected chi connectivity index (χ4v) is 7.52. The number of anilines is 6. The van der Waals surface area contributed by atoms with E-state index in [2.05, 4.69) is 0 Å². The average molecular weight is 1010 g/mol. The molecule has 2 nitrogen and oxygen atoms in total. The molecule has 0 spiro atoms. The van der Waals surface area contributed by atoms with Crippen molar-refractivity contribution in [1.29, 1.82) is 0 Å². The van der Waals surface area contributed by atoms with Crippen molar-refractivity contribution >= 4 is 34.1 Å². The van der Waals surface area contributed by atoms with Gasteiger partial charge in [0, 0.05) is 22.7 Å². The Labute approximate surface area is 381 Å². The minimum atomic E-state index is -6.14. The van der Waals surface area contributed by atoms with Gasteiger partial charge in [-0.15, -0.1) is 0 Å². The first kappa shape index (κ1) is 50.6. The second kappa shape index (κ2) is 17.9. The summed E-state index contributed by atoms with van der Waals surface area (Å²) in [5.41, 5.74) is -13.2. The molecule has 0 unspecified atom stereocenters. The Kier molecular flexibility index (Phi) is 13.0. The highest BCUT2D eigenvalue weighted by atomic mass is 19.4. The third-order valence-corrected chi connectivity index (χ3v) is 10.6. The lowest BCUT2D eigenvalue weighted by atomic mass is 9.99. The van der Waals surface area contributed by atoms with Gasteiger partial charge in [0.05, 0.1) is 11.1 Å². The maximum Gasteiger partial charge on any atom is 0.422 e. The molecule has 0 aliphatic carbocycles. The molecule has 22 heteroatoms. The van der Waals surface area contributed by atoms with Crippen molar-refractivity contribution in [3.05, 3.63) is 189 Å². The Bertz CT molecular complexity index is 2930. The molecule has 7 rings (SSSR count). The minimum Gasteiger partial charge on any atom is -0.310 e. The Hall–Kier alpha value is -7.26. The fourth-order valence-electron chi connectivity index (χ4n) is 7.52. The van der Waals surface area contributed by atoms with Crippen LogP contribution in [0.25, 0.3) is 22.3 Å². The number of benzene rings is 7. The molecule has 0 aromatic heterocycles. The number of nitrogens with zero attached hydrogens (tertiary/aromatic N) is 2. The molecule has 0 fully saturated rings. The van der Waals surface area contributed by atoms with Gasteiger partial charge in [-0.2, -0.15) is 52.7 Å². The van der Waals surface area contributed by atoms with Gasteiger partial charge in [0.25, 0.3) is 0 Å².